The van der Waals surface area contributed by atoms with Crippen LogP contribution in [0.4, 0.5) is 5.69 Å². The van der Waals surface area contributed by atoms with E-state index in [1.54, 1.807) is 6.92 Å². The fraction of sp³-hybridized carbons (Fsp3) is 0.611. The van der Waals surface area contributed by atoms with Gasteiger partial charge in [-0.25, -0.2) is 0 Å². The molecular formula is C18H27NO3. The van der Waals surface area contributed by atoms with E-state index in [9.17, 15) is 9.90 Å². The molecule has 1 unspecified atom stereocenters. The van der Waals surface area contributed by atoms with Crippen LogP contribution in [0.15, 0.2) is 24.3 Å². The van der Waals surface area contributed by atoms with Crippen LogP contribution in [0.3, 0.4) is 0 Å². The molecule has 1 aliphatic carbocycles. The molecule has 2 rings (SSSR count). The van der Waals surface area contributed by atoms with Crippen molar-refractivity contribution in [2.45, 2.75) is 51.6 Å². The van der Waals surface area contributed by atoms with E-state index in [4.69, 9.17) is 4.74 Å². The van der Waals surface area contributed by atoms with Crippen molar-refractivity contribution in [1.29, 1.82) is 0 Å². The van der Waals surface area contributed by atoms with Crippen LogP contribution in [0, 0.1) is 5.92 Å². The van der Waals surface area contributed by atoms with Crippen molar-refractivity contribution < 1.29 is 14.6 Å². The summed E-state index contributed by atoms with van der Waals surface area (Å²) in [7, 11) is 0. The highest BCUT2D eigenvalue weighted by Gasteiger charge is 2.15. The number of rotatable bonds is 7. The summed E-state index contributed by atoms with van der Waals surface area (Å²) in [6, 6.07) is 7.67. The summed E-state index contributed by atoms with van der Waals surface area (Å²) in [6.07, 6.45) is 5.93. The summed E-state index contributed by atoms with van der Waals surface area (Å²) >= 11 is 0. The minimum atomic E-state index is -0.800. The predicted molar refractivity (Wildman–Crippen MR) is 87.7 cm³/mol. The highest BCUT2D eigenvalue weighted by molar-refractivity contribution is 5.70. The molecule has 4 nitrogen and oxygen atoms in total. The highest BCUT2D eigenvalue weighted by Crippen LogP contribution is 2.24. The standard InChI is InChI=1S/C18H27NO3/c1-2-22-18(21)12-17(20)15-8-10-16(11-9-15)19-13-14-6-4-3-5-7-14/h8-11,14,17,19-20H,2-7,12-13H2,1H3. The molecule has 122 valence electrons. The minimum absolute atomic E-state index is 0.00267. The third-order valence-electron chi connectivity index (χ3n) is 4.28. The molecule has 0 spiro atoms. The van der Waals surface area contributed by atoms with Crippen molar-refractivity contribution in [3.05, 3.63) is 29.8 Å². The minimum Gasteiger partial charge on any atom is -0.466 e. The number of carbonyl (C=O) groups excluding carboxylic acids is 1. The van der Waals surface area contributed by atoms with Gasteiger partial charge in [-0.1, -0.05) is 31.4 Å². The topological polar surface area (TPSA) is 58.6 Å². The first-order chi connectivity index (χ1) is 10.7. The van der Waals surface area contributed by atoms with Gasteiger partial charge in [-0.15, -0.1) is 0 Å². The molecule has 1 fully saturated rings. The summed E-state index contributed by atoms with van der Waals surface area (Å²) < 4.78 is 4.85. The number of ether oxygens (including phenoxy) is 1. The van der Waals surface area contributed by atoms with Gasteiger partial charge in [-0.05, 0) is 43.4 Å². The smallest absolute Gasteiger partial charge is 0.308 e. The Balaban J connectivity index is 1.80. The summed E-state index contributed by atoms with van der Waals surface area (Å²) in [5, 5.41) is 13.5. The van der Waals surface area contributed by atoms with E-state index >= 15 is 0 Å². The Morgan fingerprint density at radius 2 is 1.95 bits per heavy atom. The lowest BCUT2D eigenvalue weighted by atomic mass is 9.89. The molecule has 0 bridgehead atoms. The van der Waals surface area contributed by atoms with Gasteiger partial charge in [0.2, 0.25) is 0 Å². The number of benzene rings is 1. The average molecular weight is 305 g/mol. The number of esters is 1. The van der Waals surface area contributed by atoms with Gasteiger partial charge >= 0.3 is 5.97 Å². The molecule has 0 amide bonds. The van der Waals surface area contributed by atoms with Gasteiger partial charge in [-0.2, -0.15) is 0 Å². The lowest BCUT2D eigenvalue weighted by molar-refractivity contribution is -0.145. The summed E-state index contributed by atoms with van der Waals surface area (Å²) in [5.74, 6) is 0.414. The summed E-state index contributed by atoms with van der Waals surface area (Å²) in [4.78, 5) is 11.4. The molecular weight excluding hydrogens is 278 g/mol. The van der Waals surface area contributed by atoms with Gasteiger partial charge < -0.3 is 15.2 Å². The third-order valence-corrected chi connectivity index (χ3v) is 4.28. The van der Waals surface area contributed by atoms with Crippen molar-refractivity contribution >= 4 is 11.7 Å². The van der Waals surface area contributed by atoms with E-state index < -0.39 is 6.10 Å². The molecule has 0 aromatic heterocycles. The first-order valence-electron chi connectivity index (χ1n) is 8.36. The molecule has 1 aliphatic rings. The molecule has 1 saturated carbocycles. The number of hydrogen-bond acceptors (Lipinski definition) is 4. The van der Waals surface area contributed by atoms with Crippen LogP contribution >= 0.6 is 0 Å². The average Bonchev–Trinajstić information content (AvgIpc) is 2.54. The number of hydrogen-bond donors (Lipinski definition) is 2. The van der Waals surface area contributed by atoms with Gasteiger partial charge in [0, 0.05) is 12.2 Å². The van der Waals surface area contributed by atoms with Crippen LogP contribution < -0.4 is 5.32 Å². The van der Waals surface area contributed by atoms with Crippen LogP contribution in [0.1, 0.15) is 57.1 Å². The lowest BCUT2D eigenvalue weighted by Crippen LogP contribution is -2.17. The molecule has 0 saturated heterocycles. The van der Waals surface area contributed by atoms with Gasteiger partial charge in [0.15, 0.2) is 0 Å². The van der Waals surface area contributed by atoms with Crippen molar-refractivity contribution in [1.82, 2.24) is 0 Å². The number of carbonyl (C=O) groups is 1. The second kappa shape index (κ2) is 8.79. The zero-order valence-corrected chi connectivity index (χ0v) is 13.4. The number of aliphatic hydroxyl groups is 1. The number of nitrogens with one attached hydrogen (secondary N) is 1. The Hall–Kier alpha value is -1.55. The first-order valence-corrected chi connectivity index (χ1v) is 8.36. The van der Waals surface area contributed by atoms with E-state index in [0.717, 1.165) is 23.7 Å². The van der Waals surface area contributed by atoms with Crippen molar-refractivity contribution in [2.75, 3.05) is 18.5 Å². The van der Waals surface area contributed by atoms with E-state index in [2.05, 4.69) is 5.32 Å². The number of anilines is 1. The maximum absolute atomic E-state index is 11.4. The van der Waals surface area contributed by atoms with E-state index in [1.165, 1.54) is 32.1 Å². The molecule has 4 heteroatoms. The molecule has 0 aliphatic heterocycles. The van der Waals surface area contributed by atoms with Crippen LogP contribution in [0.5, 0.6) is 0 Å². The zero-order valence-electron chi connectivity index (χ0n) is 13.4. The van der Waals surface area contributed by atoms with Crippen LogP contribution in [0.2, 0.25) is 0 Å². The maximum Gasteiger partial charge on any atom is 0.308 e. The Kier molecular flexibility index (Phi) is 6.72. The second-order valence-electron chi connectivity index (χ2n) is 6.03. The fourth-order valence-corrected chi connectivity index (χ4v) is 2.97. The lowest BCUT2D eigenvalue weighted by Gasteiger charge is -2.22. The predicted octanol–water partition coefficient (Wildman–Crippen LogP) is 3.67. The van der Waals surface area contributed by atoms with Crippen molar-refractivity contribution in [3.63, 3.8) is 0 Å². The molecule has 1 atom stereocenters. The largest absolute Gasteiger partial charge is 0.466 e. The van der Waals surface area contributed by atoms with Crippen molar-refractivity contribution in [3.8, 4) is 0 Å². The summed E-state index contributed by atoms with van der Waals surface area (Å²) in [6.45, 7) is 3.12. The van der Waals surface area contributed by atoms with Gasteiger partial charge in [0.05, 0.1) is 19.1 Å². The Bertz CT molecular complexity index is 452. The Labute approximate surface area is 132 Å². The van der Waals surface area contributed by atoms with Gasteiger partial charge in [-0.3, -0.25) is 4.79 Å². The molecule has 2 N–H and O–H groups in total. The SMILES string of the molecule is CCOC(=O)CC(O)c1ccc(NCC2CCCCC2)cc1. The van der Waals surface area contributed by atoms with Crippen LogP contribution in [0.25, 0.3) is 0 Å². The molecule has 1 aromatic rings. The third kappa shape index (κ3) is 5.34. The molecule has 0 radical (unpaired) electrons. The monoisotopic (exact) mass is 305 g/mol. The van der Waals surface area contributed by atoms with Crippen LogP contribution in [-0.2, 0) is 9.53 Å². The van der Waals surface area contributed by atoms with E-state index in [1.807, 2.05) is 24.3 Å². The van der Waals surface area contributed by atoms with Gasteiger partial charge in [0.1, 0.15) is 0 Å². The molecule has 0 heterocycles. The Morgan fingerprint density at radius 3 is 2.59 bits per heavy atom. The molecule has 1 aromatic carbocycles. The van der Waals surface area contributed by atoms with Gasteiger partial charge in [0.25, 0.3) is 0 Å². The highest BCUT2D eigenvalue weighted by atomic mass is 16.5. The van der Waals surface area contributed by atoms with Crippen LogP contribution in [-0.4, -0.2) is 24.2 Å². The normalized spacial score (nSPS) is 17.0. The fourth-order valence-electron chi connectivity index (χ4n) is 2.97. The van der Waals surface area contributed by atoms with E-state index in [-0.39, 0.29) is 12.4 Å². The maximum atomic E-state index is 11.4. The van der Waals surface area contributed by atoms with E-state index in [0.29, 0.717) is 6.61 Å². The molecule has 22 heavy (non-hydrogen) atoms. The quantitative estimate of drug-likeness (QED) is 0.755. The second-order valence-corrected chi connectivity index (χ2v) is 6.03. The zero-order chi connectivity index (χ0) is 15.8. The Morgan fingerprint density at radius 1 is 1.27 bits per heavy atom. The van der Waals surface area contributed by atoms with Crippen molar-refractivity contribution in [2.24, 2.45) is 5.92 Å². The summed E-state index contributed by atoms with van der Waals surface area (Å²) in [5.41, 5.74) is 1.81. The number of aliphatic hydroxyl groups excluding tert-OH is 1. The first kappa shape index (κ1) is 16.8.